The fraction of sp³-hybridized carbons (Fsp3) is 0.549. The predicted octanol–water partition coefficient (Wildman–Crippen LogP) is 8.02. The predicted molar refractivity (Wildman–Crippen MR) is 242 cm³/mol. The minimum Gasteiger partial charge on any atom is -0.493 e. The van der Waals surface area contributed by atoms with Crippen LogP contribution in [0.4, 0.5) is 0 Å². The Labute approximate surface area is 377 Å². The minimum atomic E-state index is -0.711. The van der Waals surface area contributed by atoms with E-state index in [-0.39, 0.29) is 48.8 Å². The van der Waals surface area contributed by atoms with Crippen LogP contribution < -0.4 is 18.9 Å². The van der Waals surface area contributed by atoms with Gasteiger partial charge < -0.3 is 52.3 Å². The summed E-state index contributed by atoms with van der Waals surface area (Å²) in [7, 11) is 6.73. The molecule has 0 bridgehead atoms. The van der Waals surface area contributed by atoms with Gasteiger partial charge in [-0.25, -0.2) is 0 Å². The maximum Gasteiger partial charge on any atom is 0.289 e. The highest BCUT2D eigenvalue weighted by atomic mass is 16.7. The molecule has 7 atom stereocenters. The van der Waals surface area contributed by atoms with Crippen LogP contribution in [0.25, 0.3) is 11.0 Å². The van der Waals surface area contributed by atoms with Crippen molar-refractivity contribution in [3.63, 3.8) is 0 Å². The Morgan fingerprint density at radius 3 is 2.17 bits per heavy atom. The molecule has 8 rings (SSSR count). The number of methoxy groups -OCH3 is 4. The van der Waals surface area contributed by atoms with E-state index in [0.717, 1.165) is 77.9 Å². The molecule has 1 amide bonds. The maximum atomic E-state index is 15.5. The number of carbonyl (C=O) groups excluding carboxylic acids is 1. The molecule has 13 heteroatoms. The molecule has 1 saturated heterocycles. The highest BCUT2D eigenvalue weighted by molar-refractivity contribution is 5.93. The Kier molecular flexibility index (Phi) is 15.0. The summed E-state index contributed by atoms with van der Waals surface area (Å²) in [6.45, 7) is 8.61. The van der Waals surface area contributed by atoms with Crippen molar-refractivity contribution in [1.29, 1.82) is 0 Å². The monoisotopic (exact) mass is 882 g/mol. The number of carbonyl (C=O) groups is 1. The van der Waals surface area contributed by atoms with Crippen molar-refractivity contribution in [3.05, 3.63) is 94.4 Å². The number of aliphatic hydroxyl groups is 1. The molecule has 1 aromatic heterocycles. The molecule has 0 saturated carbocycles. The van der Waals surface area contributed by atoms with Gasteiger partial charge in [-0.05, 0) is 110 Å². The summed E-state index contributed by atoms with van der Waals surface area (Å²) in [6, 6.07) is 16.5. The number of para-hydroxylation sites is 1. The summed E-state index contributed by atoms with van der Waals surface area (Å²) in [4.78, 5) is 20.2. The van der Waals surface area contributed by atoms with E-state index < -0.39 is 6.29 Å². The summed E-state index contributed by atoms with van der Waals surface area (Å²) < 4.78 is 53.9. The molecule has 4 aliphatic heterocycles. The molecule has 4 aliphatic rings. The second-order valence-corrected chi connectivity index (χ2v) is 17.3. The molecule has 0 spiro atoms. The highest BCUT2D eigenvalue weighted by Gasteiger charge is 2.45. The zero-order valence-corrected chi connectivity index (χ0v) is 38.3. The van der Waals surface area contributed by atoms with Crippen LogP contribution in [0, 0.1) is 17.8 Å². The van der Waals surface area contributed by atoms with Crippen LogP contribution in [0.1, 0.15) is 85.3 Å². The van der Waals surface area contributed by atoms with Crippen LogP contribution in [-0.2, 0) is 36.6 Å². The van der Waals surface area contributed by atoms with Gasteiger partial charge in [0.1, 0.15) is 5.58 Å². The van der Waals surface area contributed by atoms with Crippen molar-refractivity contribution in [1.82, 2.24) is 9.80 Å². The van der Waals surface area contributed by atoms with E-state index in [9.17, 15) is 0 Å². The lowest BCUT2D eigenvalue weighted by atomic mass is 9.72. The quantitative estimate of drug-likeness (QED) is 0.0916. The number of ether oxygens (including phenoxy) is 8. The first kappa shape index (κ1) is 45.8. The largest absolute Gasteiger partial charge is 0.493 e. The number of piperidine rings is 1. The molecule has 3 aromatic carbocycles. The number of rotatable bonds is 19. The molecular weight excluding hydrogens is 817 g/mol. The van der Waals surface area contributed by atoms with Crippen LogP contribution in [0.3, 0.4) is 0 Å². The fourth-order valence-electron chi connectivity index (χ4n) is 10.9. The van der Waals surface area contributed by atoms with Gasteiger partial charge in [-0.2, -0.15) is 0 Å². The number of allylic oxidation sites excluding steroid dienone is 1. The lowest BCUT2D eigenvalue weighted by molar-refractivity contribution is -0.173. The first-order valence-corrected chi connectivity index (χ1v) is 23.1. The van der Waals surface area contributed by atoms with Gasteiger partial charge in [0, 0.05) is 61.7 Å². The minimum absolute atomic E-state index is 0.0306. The van der Waals surface area contributed by atoms with Gasteiger partial charge >= 0.3 is 0 Å². The maximum absolute atomic E-state index is 15.5. The van der Waals surface area contributed by atoms with E-state index >= 15 is 4.79 Å². The lowest BCUT2D eigenvalue weighted by Gasteiger charge is -2.49. The second-order valence-electron chi connectivity index (χ2n) is 17.3. The molecule has 64 heavy (non-hydrogen) atoms. The molecule has 0 aliphatic carbocycles. The number of nitrogens with zero attached hydrogens (tertiary/aromatic N) is 2. The molecule has 4 aromatic rings. The topological polar surface area (TPSA) is 131 Å². The zero-order chi connectivity index (χ0) is 44.7. The number of aliphatic hydroxyl groups excluding tert-OH is 1. The van der Waals surface area contributed by atoms with Crippen molar-refractivity contribution in [2.24, 2.45) is 17.8 Å². The fourth-order valence-corrected chi connectivity index (χ4v) is 10.9. The molecule has 0 unspecified atom stereocenters. The van der Waals surface area contributed by atoms with Crippen LogP contribution in [0.5, 0.6) is 23.0 Å². The number of amides is 1. The molecule has 13 nitrogen and oxygen atoms in total. The van der Waals surface area contributed by atoms with Crippen molar-refractivity contribution >= 4 is 16.9 Å². The third kappa shape index (κ3) is 9.33. The van der Waals surface area contributed by atoms with Gasteiger partial charge in [-0.15, -0.1) is 0 Å². The van der Waals surface area contributed by atoms with Gasteiger partial charge in [0.2, 0.25) is 6.29 Å². The van der Waals surface area contributed by atoms with Gasteiger partial charge in [-0.3, -0.25) is 9.69 Å². The third-order valence-corrected chi connectivity index (χ3v) is 14.1. The van der Waals surface area contributed by atoms with E-state index in [2.05, 4.69) is 42.2 Å². The molecular formula is C51H66N2O11. The molecule has 0 radical (unpaired) electrons. The first-order chi connectivity index (χ1) is 31.3. The number of hydrogen-bond acceptors (Lipinski definition) is 12. The Hall–Kier alpha value is -4.79. The van der Waals surface area contributed by atoms with E-state index in [1.165, 1.54) is 11.1 Å². The second kappa shape index (κ2) is 21.0. The van der Waals surface area contributed by atoms with Gasteiger partial charge in [0.15, 0.2) is 28.8 Å². The summed E-state index contributed by atoms with van der Waals surface area (Å²) in [5.41, 5.74) is 6.61. The van der Waals surface area contributed by atoms with Crippen molar-refractivity contribution in [2.75, 3.05) is 87.7 Å². The number of fused-ring (bicyclic) bond motifs is 5. The summed E-state index contributed by atoms with van der Waals surface area (Å²) in [5.74, 6) is 3.27. The Morgan fingerprint density at radius 1 is 0.797 bits per heavy atom. The van der Waals surface area contributed by atoms with E-state index in [1.807, 2.05) is 42.4 Å². The first-order valence-electron chi connectivity index (χ1n) is 23.1. The van der Waals surface area contributed by atoms with Crippen molar-refractivity contribution in [3.8, 4) is 23.0 Å². The molecule has 1 fully saturated rings. The average Bonchev–Trinajstić information content (AvgIpc) is 3.76. The van der Waals surface area contributed by atoms with Crippen molar-refractivity contribution < 1.29 is 52.2 Å². The number of hydrogen-bond donors (Lipinski definition) is 1. The van der Waals surface area contributed by atoms with Crippen molar-refractivity contribution in [2.45, 2.75) is 76.7 Å². The molecule has 5 heterocycles. The summed E-state index contributed by atoms with van der Waals surface area (Å²) in [6.07, 6.45) is 8.11. The highest BCUT2D eigenvalue weighted by Crippen LogP contribution is 2.50. The Balaban J connectivity index is 1.15. The van der Waals surface area contributed by atoms with Gasteiger partial charge in [0.05, 0.1) is 67.2 Å². The van der Waals surface area contributed by atoms with Crippen LogP contribution in [0.15, 0.2) is 71.0 Å². The summed E-state index contributed by atoms with van der Waals surface area (Å²) >= 11 is 0. The smallest absolute Gasteiger partial charge is 0.289 e. The van der Waals surface area contributed by atoms with E-state index in [0.29, 0.717) is 69.1 Å². The van der Waals surface area contributed by atoms with Gasteiger partial charge in [-0.1, -0.05) is 31.5 Å². The van der Waals surface area contributed by atoms with E-state index in [1.54, 1.807) is 28.4 Å². The molecule has 346 valence electrons. The van der Waals surface area contributed by atoms with E-state index in [4.69, 9.17) is 47.4 Å². The summed E-state index contributed by atoms with van der Waals surface area (Å²) in [5, 5.41) is 10.1. The SMILES string of the molecule is CCO[C@H]1OC(C(=O)N2CCc3cc(OC)c(OC)cc3[C@H]2C[C@H]2C[C@H]3c4cc(OC)c(OC)cc4CCN3C[C@@H]2CC)=C[C@@H](c2coc3ccccc23)[C@@H]1CCOCCOCCO. The Morgan fingerprint density at radius 2 is 1.47 bits per heavy atom. The average molecular weight is 883 g/mol. The lowest BCUT2D eigenvalue weighted by Crippen LogP contribution is -2.48. The van der Waals surface area contributed by atoms with Crippen LogP contribution >= 0.6 is 0 Å². The zero-order valence-electron chi connectivity index (χ0n) is 38.3. The molecule has 1 N–H and O–H groups in total. The number of benzene rings is 3. The standard InChI is InChI=1S/C51H66N2O11/c1-7-32-30-52-16-13-33-25-45(56-3)47(58-5)27-38(33)42(52)23-35(32)24-43-39-28-48(59-6)46(57-4)26-34(39)14-17-53(43)50(55)49-29-40(41-31-63-44-12-10-9-11-36(41)44)37(51(64-49)62-8-2)15-19-60-21-22-61-20-18-54/h9-12,25-29,31-32,35,37,40,42-43,51,54H,7-8,13-24,30H2,1-6H3/t32-,35+,37-,40+,42-,43+,51-/m0/s1. The third-order valence-electron chi connectivity index (χ3n) is 14.1. The van der Waals surface area contributed by atoms with Crippen LogP contribution in [0.2, 0.25) is 0 Å². The van der Waals surface area contributed by atoms with Gasteiger partial charge in [0.25, 0.3) is 5.91 Å². The number of furan rings is 1. The van der Waals surface area contributed by atoms with Crippen LogP contribution in [-0.4, -0.2) is 115 Å². The normalized spacial score (nSPS) is 24.3. The Bertz CT molecular complexity index is 2240.